The van der Waals surface area contributed by atoms with Crippen LogP contribution in [-0.2, 0) is 0 Å². The van der Waals surface area contributed by atoms with Gasteiger partial charge in [0.05, 0.1) is 10.7 Å². The van der Waals surface area contributed by atoms with Gasteiger partial charge in [-0.25, -0.2) is 0 Å². The summed E-state index contributed by atoms with van der Waals surface area (Å²) in [5.41, 5.74) is 6.46. The zero-order valence-corrected chi connectivity index (χ0v) is 12.3. The van der Waals surface area contributed by atoms with Crippen molar-refractivity contribution in [3.8, 4) is 0 Å². The van der Waals surface area contributed by atoms with Crippen molar-refractivity contribution in [2.75, 3.05) is 36.9 Å². The second-order valence-corrected chi connectivity index (χ2v) is 6.01. The number of nitrogens with two attached hydrogens (primary N) is 1. The second kappa shape index (κ2) is 6.76. The zero-order valence-electron chi connectivity index (χ0n) is 11.5. The van der Waals surface area contributed by atoms with Gasteiger partial charge in [0.25, 0.3) is 5.91 Å². The number of aliphatic hydroxyl groups is 1. The van der Waals surface area contributed by atoms with Crippen LogP contribution in [0.4, 0.5) is 10.7 Å². The molecular formula is C14H21N3O2S. The molecule has 0 unspecified atom stereocenters. The van der Waals surface area contributed by atoms with E-state index in [1.807, 2.05) is 6.07 Å². The van der Waals surface area contributed by atoms with Gasteiger partial charge in [0.2, 0.25) is 0 Å². The number of hydrogen-bond acceptors (Lipinski definition) is 5. The minimum absolute atomic E-state index is 0.149. The highest BCUT2D eigenvalue weighted by Crippen LogP contribution is 2.34. The normalized spacial score (nSPS) is 16.1. The summed E-state index contributed by atoms with van der Waals surface area (Å²) >= 11 is 1.43. The average molecular weight is 295 g/mol. The third-order valence-corrected chi connectivity index (χ3v) is 4.76. The van der Waals surface area contributed by atoms with Crippen molar-refractivity contribution in [2.24, 2.45) is 5.92 Å². The van der Waals surface area contributed by atoms with Crippen LogP contribution in [0.5, 0.6) is 0 Å². The Bertz CT molecular complexity index is 479. The largest absolute Gasteiger partial charge is 0.397 e. The van der Waals surface area contributed by atoms with Gasteiger partial charge in [0.15, 0.2) is 0 Å². The molecule has 1 aromatic rings. The number of aliphatic hydroxyl groups excluding tert-OH is 1. The first-order valence-corrected chi connectivity index (χ1v) is 7.61. The van der Waals surface area contributed by atoms with Crippen LogP contribution >= 0.6 is 11.3 Å². The Morgan fingerprint density at radius 3 is 2.90 bits per heavy atom. The number of nitrogen functional groups attached to an aromatic ring is 1. The van der Waals surface area contributed by atoms with Gasteiger partial charge >= 0.3 is 0 Å². The van der Waals surface area contributed by atoms with Gasteiger partial charge in [-0.1, -0.05) is 6.08 Å². The Labute approximate surface area is 123 Å². The lowest BCUT2D eigenvalue weighted by Crippen LogP contribution is -2.34. The number of rotatable bonds is 5. The van der Waals surface area contributed by atoms with Crippen LogP contribution in [0.25, 0.3) is 0 Å². The topological polar surface area (TPSA) is 78.6 Å². The van der Waals surface area contributed by atoms with E-state index in [-0.39, 0.29) is 12.5 Å². The SMILES string of the molecule is C=CCNC(=O)c1sc(N2CCC(CO)CC2)cc1N. The number of nitrogens with zero attached hydrogens (tertiary/aromatic N) is 1. The molecule has 1 saturated heterocycles. The predicted octanol–water partition coefficient (Wildman–Crippen LogP) is 1.45. The van der Waals surface area contributed by atoms with Crippen LogP contribution in [0.2, 0.25) is 0 Å². The summed E-state index contributed by atoms with van der Waals surface area (Å²) in [6.07, 6.45) is 3.60. The lowest BCUT2D eigenvalue weighted by Gasteiger charge is -2.31. The third-order valence-electron chi connectivity index (χ3n) is 3.55. The Balaban J connectivity index is 2.03. The molecule has 5 nitrogen and oxygen atoms in total. The number of amides is 1. The van der Waals surface area contributed by atoms with Gasteiger partial charge in [-0.05, 0) is 24.8 Å². The van der Waals surface area contributed by atoms with Crippen LogP contribution in [0, 0.1) is 5.92 Å². The van der Waals surface area contributed by atoms with E-state index < -0.39 is 0 Å². The Hall–Kier alpha value is -1.53. The molecule has 1 amide bonds. The van der Waals surface area contributed by atoms with Gasteiger partial charge in [-0.3, -0.25) is 4.79 Å². The molecule has 0 aliphatic carbocycles. The van der Waals surface area contributed by atoms with Gasteiger partial charge in [0, 0.05) is 26.2 Å². The number of carbonyl (C=O) groups excluding carboxylic acids is 1. The first-order valence-electron chi connectivity index (χ1n) is 6.80. The molecule has 1 aliphatic rings. The Morgan fingerprint density at radius 1 is 1.60 bits per heavy atom. The summed E-state index contributed by atoms with van der Waals surface area (Å²) in [4.78, 5) is 14.7. The van der Waals surface area contributed by atoms with Crippen molar-refractivity contribution >= 4 is 27.9 Å². The van der Waals surface area contributed by atoms with E-state index in [9.17, 15) is 4.79 Å². The van der Waals surface area contributed by atoms with Gasteiger partial charge < -0.3 is 21.1 Å². The smallest absolute Gasteiger partial charge is 0.263 e. The summed E-state index contributed by atoms with van der Waals surface area (Å²) in [7, 11) is 0. The Morgan fingerprint density at radius 2 is 2.30 bits per heavy atom. The average Bonchev–Trinajstić information content (AvgIpc) is 2.87. The van der Waals surface area contributed by atoms with E-state index in [1.54, 1.807) is 6.08 Å². The molecule has 0 radical (unpaired) electrons. The molecule has 1 aliphatic heterocycles. The van der Waals surface area contributed by atoms with Crippen LogP contribution < -0.4 is 16.0 Å². The van der Waals surface area contributed by atoms with Crippen LogP contribution in [0.1, 0.15) is 22.5 Å². The monoisotopic (exact) mass is 295 g/mol. The van der Waals surface area contributed by atoms with Crippen molar-refractivity contribution < 1.29 is 9.90 Å². The van der Waals surface area contributed by atoms with E-state index in [2.05, 4.69) is 16.8 Å². The van der Waals surface area contributed by atoms with Gasteiger partial charge in [-0.15, -0.1) is 17.9 Å². The van der Waals surface area contributed by atoms with Crippen molar-refractivity contribution in [3.63, 3.8) is 0 Å². The molecule has 0 atom stereocenters. The summed E-state index contributed by atoms with van der Waals surface area (Å²) in [5.74, 6) is 0.253. The van der Waals surface area contributed by atoms with Crippen LogP contribution in [0.15, 0.2) is 18.7 Å². The summed E-state index contributed by atoms with van der Waals surface area (Å²) in [6, 6.07) is 1.87. The number of hydrogen-bond donors (Lipinski definition) is 3. The molecule has 6 heteroatoms. The van der Waals surface area contributed by atoms with Crippen molar-refractivity contribution in [1.29, 1.82) is 0 Å². The van der Waals surface area contributed by atoms with E-state index >= 15 is 0 Å². The van der Waals surface area contributed by atoms with Crippen LogP contribution in [-0.4, -0.2) is 37.3 Å². The maximum atomic E-state index is 11.9. The van der Waals surface area contributed by atoms with Crippen molar-refractivity contribution in [2.45, 2.75) is 12.8 Å². The van der Waals surface area contributed by atoms with Crippen molar-refractivity contribution in [3.05, 3.63) is 23.6 Å². The number of anilines is 2. The van der Waals surface area contributed by atoms with Gasteiger partial charge in [0.1, 0.15) is 4.88 Å². The summed E-state index contributed by atoms with van der Waals surface area (Å²) in [5, 5.41) is 12.9. The molecule has 20 heavy (non-hydrogen) atoms. The van der Waals surface area contributed by atoms with Crippen LogP contribution in [0.3, 0.4) is 0 Å². The predicted molar refractivity (Wildman–Crippen MR) is 83.3 cm³/mol. The first-order chi connectivity index (χ1) is 9.65. The molecule has 110 valence electrons. The fraction of sp³-hybridized carbons (Fsp3) is 0.500. The number of piperidine rings is 1. The number of carbonyl (C=O) groups is 1. The molecule has 0 spiro atoms. The third kappa shape index (κ3) is 3.32. The lowest BCUT2D eigenvalue weighted by molar-refractivity contribution is 0.0963. The van der Waals surface area contributed by atoms with E-state index in [0.717, 1.165) is 30.9 Å². The van der Waals surface area contributed by atoms with E-state index in [1.165, 1.54) is 11.3 Å². The molecule has 0 bridgehead atoms. The highest BCUT2D eigenvalue weighted by Gasteiger charge is 2.22. The summed E-state index contributed by atoms with van der Waals surface area (Å²) in [6.45, 7) is 6.07. The standard InChI is InChI=1S/C14H21N3O2S/c1-2-5-16-14(19)13-11(15)8-12(20-13)17-6-3-10(9-18)4-7-17/h2,8,10,18H,1,3-7,9,15H2,(H,16,19). The summed E-state index contributed by atoms with van der Waals surface area (Å²) < 4.78 is 0. The minimum Gasteiger partial charge on any atom is -0.397 e. The molecule has 2 rings (SSSR count). The van der Waals surface area contributed by atoms with Gasteiger partial charge in [-0.2, -0.15) is 0 Å². The lowest BCUT2D eigenvalue weighted by atomic mass is 9.98. The molecule has 0 saturated carbocycles. The molecule has 1 fully saturated rings. The maximum Gasteiger partial charge on any atom is 0.263 e. The molecule has 2 heterocycles. The quantitative estimate of drug-likeness (QED) is 0.719. The highest BCUT2D eigenvalue weighted by atomic mass is 32.1. The molecule has 0 aromatic carbocycles. The fourth-order valence-corrected chi connectivity index (χ4v) is 3.35. The minimum atomic E-state index is -0.149. The number of thiophene rings is 1. The second-order valence-electron chi connectivity index (χ2n) is 4.98. The molecular weight excluding hydrogens is 274 g/mol. The fourth-order valence-electron chi connectivity index (χ4n) is 2.31. The number of nitrogens with one attached hydrogen (secondary N) is 1. The highest BCUT2D eigenvalue weighted by molar-refractivity contribution is 7.18. The molecule has 1 aromatic heterocycles. The maximum absolute atomic E-state index is 11.9. The Kier molecular flexibility index (Phi) is 5.03. The molecule has 4 N–H and O–H groups in total. The van der Waals surface area contributed by atoms with Crippen molar-refractivity contribution in [1.82, 2.24) is 5.32 Å². The first kappa shape index (κ1) is 14.9. The van der Waals surface area contributed by atoms with E-state index in [0.29, 0.717) is 23.0 Å². The van der Waals surface area contributed by atoms with E-state index in [4.69, 9.17) is 10.8 Å². The zero-order chi connectivity index (χ0) is 14.5.